The van der Waals surface area contributed by atoms with Crippen molar-refractivity contribution in [2.24, 2.45) is 0 Å². The summed E-state index contributed by atoms with van der Waals surface area (Å²) in [5.41, 5.74) is 0.720. The van der Waals surface area contributed by atoms with Crippen LogP contribution in [0.15, 0.2) is 29.1 Å². The molecule has 0 heterocycles. The topological polar surface area (TPSA) is 43.4 Å². The van der Waals surface area contributed by atoms with Crippen molar-refractivity contribution in [3.63, 3.8) is 0 Å². The summed E-state index contributed by atoms with van der Waals surface area (Å²) in [5, 5.41) is 0. The Kier molecular flexibility index (Phi) is 3.61. The number of hydrogen-bond acceptors (Lipinski definition) is 3. The van der Waals surface area contributed by atoms with E-state index in [-0.39, 0.29) is 16.9 Å². The van der Waals surface area contributed by atoms with Gasteiger partial charge in [0.1, 0.15) is 5.56 Å². The van der Waals surface area contributed by atoms with Gasteiger partial charge in [-0.3, -0.25) is 4.79 Å². The largest absolute Gasteiger partial charge is 0.465 e. The highest BCUT2D eigenvalue weighted by Crippen LogP contribution is 2.13. The molecule has 0 atom stereocenters. The Labute approximate surface area is 88.7 Å². The van der Waals surface area contributed by atoms with Gasteiger partial charge < -0.3 is 4.74 Å². The molecule has 0 spiro atoms. The highest BCUT2D eigenvalue weighted by Gasteiger charge is 2.10. The van der Waals surface area contributed by atoms with E-state index in [0.29, 0.717) is 0 Å². The van der Waals surface area contributed by atoms with Gasteiger partial charge in [0.2, 0.25) is 0 Å². The number of esters is 1. The fourth-order valence-electron chi connectivity index (χ4n) is 1.25. The number of rotatable bonds is 2. The zero-order valence-corrected chi connectivity index (χ0v) is 9.11. The molecule has 0 fully saturated rings. The second kappa shape index (κ2) is 4.73. The Morgan fingerprint density at radius 2 is 2.00 bits per heavy atom. The van der Waals surface area contributed by atoms with Crippen molar-refractivity contribution in [3.05, 3.63) is 45.6 Å². The molecule has 1 rings (SSSR count). The van der Waals surface area contributed by atoms with E-state index in [9.17, 15) is 9.59 Å². The average molecular weight is 206 g/mol. The number of carbonyl (C=O) groups is 1. The molecule has 0 aliphatic heterocycles. The zero-order valence-electron chi connectivity index (χ0n) is 9.11. The van der Waals surface area contributed by atoms with Crippen molar-refractivity contribution < 1.29 is 9.53 Å². The quantitative estimate of drug-likeness (QED) is 0.695. The van der Waals surface area contributed by atoms with Gasteiger partial charge in [0.15, 0.2) is 5.43 Å². The van der Waals surface area contributed by atoms with Gasteiger partial charge in [0.05, 0.1) is 7.11 Å². The zero-order chi connectivity index (χ0) is 11.4. The molecule has 0 saturated carbocycles. The molecule has 0 unspecified atom stereocenters. The first-order chi connectivity index (χ1) is 7.06. The van der Waals surface area contributed by atoms with E-state index in [4.69, 9.17) is 0 Å². The molecule has 1 aromatic carbocycles. The van der Waals surface area contributed by atoms with Crippen LogP contribution in [0.25, 0.3) is 0 Å². The normalized spacial score (nSPS) is 10.1. The molecule has 1 aromatic rings. The van der Waals surface area contributed by atoms with Crippen LogP contribution in [-0.4, -0.2) is 13.1 Å². The molecule has 0 aromatic heterocycles. The third kappa shape index (κ3) is 2.65. The Hall–Kier alpha value is -1.64. The molecule has 3 nitrogen and oxygen atoms in total. The Balaban J connectivity index is 3.38. The van der Waals surface area contributed by atoms with Crippen LogP contribution < -0.4 is 5.43 Å². The lowest BCUT2D eigenvalue weighted by molar-refractivity contribution is 0.0599. The van der Waals surface area contributed by atoms with Crippen LogP contribution in [0.5, 0.6) is 0 Å². The highest BCUT2D eigenvalue weighted by molar-refractivity contribution is 5.89. The van der Waals surface area contributed by atoms with Gasteiger partial charge in [-0.15, -0.1) is 0 Å². The van der Waals surface area contributed by atoms with Crippen LogP contribution >= 0.6 is 0 Å². The van der Waals surface area contributed by atoms with Crippen LogP contribution in [-0.2, 0) is 4.74 Å². The fraction of sp³-hybridized carbons (Fsp3) is 0.333. The minimum Gasteiger partial charge on any atom is -0.465 e. The van der Waals surface area contributed by atoms with E-state index in [2.05, 4.69) is 4.74 Å². The molecule has 0 aliphatic rings. The molecule has 0 N–H and O–H groups in total. The molecule has 80 valence electrons. The minimum atomic E-state index is -0.585. The summed E-state index contributed by atoms with van der Waals surface area (Å²) in [7, 11) is 1.27. The molecule has 15 heavy (non-hydrogen) atoms. The van der Waals surface area contributed by atoms with E-state index < -0.39 is 5.97 Å². The van der Waals surface area contributed by atoms with Gasteiger partial charge in [0.25, 0.3) is 0 Å². The summed E-state index contributed by atoms with van der Waals surface area (Å²) in [4.78, 5) is 22.8. The molecular weight excluding hydrogens is 192 g/mol. The summed E-state index contributed by atoms with van der Waals surface area (Å²) < 4.78 is 4.55. The summed E-state index contributed by atoms with van der Waals surface area (Å²) in [6.07, 6.45) is 0. The average Bonchev–Trinajstić information content (AvgIpc) is 2.39. The van der Waals surface area contributed by atoms with E-state index in [1.807, 2.05) is 19.9 Å². The molecule has 3 heteroatoms. The smallest absolute Gasteiger partial charge is 0.341 e. The minimum absolute atomic E-state index is 0.0891. The second-order valence-electron chi connectivity index (χ2n) is 3.59. The maximum atomic E-state index is 11.5. The van der Waals surface area contributed by atoms with E-state index in [1.165, 1.54) is 13.2 Å². The third-order valence-corrected chi connectivity index (χ3v) is 2.18. The second-order valence-corrected chi connectivity index (χ2v) is 3.59. The Morgan fingerprint density at radius 1 is 1.33 bits per heavy atom. The molecule has 0 saturated heterocycles. The predicted molar refractivity (Wildman–Crippen MR) is 58.1 cm³/mol. The van der Waals surface area contributed by atoms with Crippen molar-refractivity contribution in [2.75, 3.05) is 7.11 Å². The van der Waals surface area contributed by atoms with Crippen LogP contribution in [0.3, 0.4) is 0 Å². The number of carbonyl (C=O) groups excluding carboxylic acids is 1. The molecule has 0 aliphatic carbocycles. The van der Waals surface area contributed by atoms with Crippen LogP contribution in [0, 0.1) is 0 Å². The summed E-state index contributed by atoms with van der Waals surface area (Å²) in [6.45, 7) is 4.00. The van der Waals surface area contributed by atoms with Gasteiger partial charge in [-0.1, -0.05) is 26.0 Å². The first kappa shape index (κ1) is 11.4. The SMILES string of the molecule is COC(=O)c1cc(C(C)C)cccc1=O. The number of ether oxygens (including phenoxy) is 1. The first-order valence-electron chi connectivity index (χ1n) is 4.79. The monoisotopic (exact) mass is 206 g/mol. The van der Waals surface area contributed by atoms with E-state index in [1.54, 1.807) is 12.1 Å². The van der Waals surface area contributed by atoms with Crippen LogP contribution in [0.4, 0.5) is 0 Å². The van der Waals surface area contributed by atoms with Crippen molar-refractivity contribution >= 4 is 5.97 Å². The van der Waals surface area contributed by atoms with Gasteiger partial charge >= 0.3 is 5.97 Å². The maximum Gasteiger partial charge on any atom is 0.341 e. The van der Waals surface area contributed by atoms with Crippen molar-refractivity contribution in [1.29, 1.82) is 0 Å². The van der Waals surface area contributed by atoms with Crippen molar-refractivity contribution in [2.45, 2.75) is 19.8 Å². The van der Waals surface area contributed by atoms with Gasteiger partial charge in [-0.25, -0.2) is 4.79 Å². The fourth-order valence-corrected chi connectivity index (χ4v) is 1.25. The van der Waals surface area contributed by atoms with E-state index >= 15 is 0 Å². The van der Waals surface area contributed by atoms with Gasteiger partial charge in [-0.05, 0) is 23.6 Å². The predicted octanol–water partition coefficient (Wildman–Crippen LogP) is 1.96. The molecule has 0 radical (unpaired) electrons. The summed E-state index contributed by atoms with van der Waals surface area (Å²) >= 11 is 0. The summed E-state index contributed by atoms with van der Waals surface area (Å²) in [6, 6.07) is 6.46. The Morgan fingerprint density at radius 3 is 2.53 bits per heavy atom. The Bertz CT molecular complexity index is 422. The molecule has 0 bridgehead atoms. The third-order valence-electron chi connectivity index (χ3n) is 2.18. The highest BCUT2D eigenvalue weighted by atomic mass is 16.5. The lowest BCUT2D eigenvalue weighted by atomic mass is 10.0. The van der Waals surface area contributed by atoms with Crippen LogP contribution in [0.1, 0.15) is 35.7 Å². The van der Waals surface area contributed by atoms with Crippen molar-refractivity contribution in [1.82, 2.24) is 0 Å². The van der Waals surface area contributed by atoms with Crippen LogP contribution in [0.2, 0.25) is 0 Å². The van der Waals surface area contributed by atoms with Crippen molar-refractivity contribution in [3.8, 4) is 0 Å². The lowest BCUT2D eigenvalue weighted by Gasteiger charge is -2.02. The van der Waals surface area contributed by atoms with Gasteiger partial charge in [-0.2, -0.15) is 0 Å². The number of hydrogen-bond donors (Lipinski definition) is 0. The summed E-state index contributed by atoms with van der Waals surface area (Å²) in [5.74, 6) is -0.321. The first-order valence-corrected chi connectivity index (χ1v) is 4.79. The molecule has 0 amide bonds. The van der Waals surface area contributed by atoms with Gasteiger partial charge in [0, 0.05) is 0 Å². The number of methoxy groups -OCH3 is 1. The molecular formula is C12H14O3. The lowest BCUT2D eigenvalue weighted by Crippen LogP contribution is -2.13. The maximum absolute atomic E-state index is 11.5. The standard InChI is InChI=1S/C12H14O3/c1-8(2)9-5-4-6-11(13)10(7-9)12(14)15-3/h4-8H,1-3H3. The van der Waals surface area contributed by atoms with E-state index in [0.717, 1.165) is 5.56 Å².